The maximum absolute atomic E-state index is 6.23. The second-order valence-electron chi connectivity index (χ2n) is 5.62. The normalized spacial score (nSPS) is 17.6. The molecular formula is C16H20ClN3O. The standard InChI is InChI=1S/C16H20ClN3O/c1-10-16(17)15(20(2)19-10)9-21-12-6-7-13-11(8-12)4-3-5-14(13)18/h6-8,14H,3-5,9,18H2,1-2H3. The van der Waals surface area contributed by atoms with Crippen molar-refractivity contribution in [1.82, 2.24) is 9.78 Å². The summed E-state index contributed by atoms with van der Waals surface area (Å²) in [5.74, 6) is 0.859. The van der Waals surface area contributed by atoms with Gasteiger partial charge in [0.15, 0.2) is 0 Å². The van der Waals surface area contributed by atoms with Crippen LogP contribution in [0.25, 0.3) is 0 Å². The molecule has 21 heavy (non-hydrogen) atoms. The van der Waals surface area contributed by atoms with Gasteiger partial charge in [0.1, 0.15) is 12.4 Å². The summed E-state index contributed by atoms with van der Waals surface area (Å²) in [6, 6.07) is 6.34. The molecule has 5 heteroatoms. The van der Waals surface area contributed by atoms with E-state index >= 15 is 0 Å². The first-order valence-corrected chi connectivity index (χ1v) is 7.63. The summed E-state index contributed by atoms with van der Waals surface area (Å²) in [5.41, 5.74) is 10.4. The SMILES string of the molecule is Cc1nn(C)c(COc2ccc3c(c2)CCCC3N)c1Cl. The first kappa shape index (κ1) is 14.4. The van der Waals surface area contributed by atoms with Gasteiger partial charge >= 0.3 is 0 Å². The van der Waals surface area contributed by atoms with E-state index in [0.29, 0.717) is 11.6 Å². The minimum Gasteiger partial charge on any atom is -0.487 e. The van der Waals surface area contributed by atoms with Crippen LogP contribution in [-0.4, -0.2) is 9.78 Å². The van der Waals surface area contributed by atoms with Crippen LogP contribution in [0.15, 0.2) is 18.2 Å². The van der Waals surface area contributed by atoms with Crippen LogP contribution in [0.5, 0.6) is 5.75 Å². The molecule has 1 aromatic carbocycles. The Kier molecular flexibility index (Phi) is 3.91. The maximum atomic E-state index is 6.23. The fraction of sp³-hybridized carbons (Fsp3) is 0.438. The zero-order valence-corrected chi connectivity index (χ0v) is 13.2. The van der Waals surface area contributed by atoms with Crippen LogP contribution in [0.2, 0.25) is 5.02 Å². The highest BCUT2D eigenvalue weighted by molar-refractivity contribution is 6.31. The summed E-state index contributed by atoms with van der Waals surface area (Å²) < 4.78 is 7.65. The summed E-state index contributed by atoms with van der Waals surface area (Å²) in [6.07, 6.45) is 3.29. The molecule has 4 nitrogen and oxygen atoms in total. The Morgan fingerprint density at radius 1 is 1.48 bits per heavy atom. The van der Waals surface area contributed by atoms with Gasteiger partial charge in [-0.05, 0) is 49.4 Å². The van der Waals surface area contributed by atoms with Crippen molar-refractivity contribution >= 4 is 11.6 Å². The van der Waals surface area contributed by atoms with Crippen LogP contribution < -0.4 is 10.5 Å². The molecule has 0 aliphatic heterocycles. The quantitative estimate of drug-likeness (QED) is 0.946. The minimum absolute atomic E-state index is 0.164. The number of hydrogen-bond acceptors (Lipinski definition) is 3. The Bertz CT molecular complexity index is 666. The molecule has 112 valence electrons. The Labute approximate surface area is 129 Å². The Morgan fingerprint density at radius 3 is 3.00 bits per heavy atom. The number of fused-ring (bicyclic) bond motifs is 1. The molecule has 3 rings (SSSR count). The Hall–Kier alpha value is -1.52. The van der Waals surface area contributed by atoms with Crippen molar-refractivity contribution in [1.29, 1.82) is 0 Å². The predicted molar refractivity (Wildman–Crippen MR) is 83.6 cm³/mol. The van der Waals surface area contributed by atoms with Crippen molar-refractivity contribution < 1.29 is 4.74 Å². The van der Waals surface area contributed by atoms with E-state index < -0.39 is 0 Å². The fourth-order valence-corrected chi connectivity index (χ4v) is 3.12. The van der Waals surface area contributed by atoms with Crippen LogP contribution in [0.4, 0.5) is 0 Å². The predicted octanol–water partition coefficient (Wildman–Crippen LogP) is 3.30. The zero-order chi connectivity index (χ0) is 15.0. The van der Waals surface area contributed by atoms with Gasteiger partial charge in [0.25, 0.3) is 0 Å². The van der Waals surface area contributed by atoms with E-state index in [1.807, 2.05) is 20.0 Å². The molecule has 0 radical (unpaired) electrons. The lowest BCUT2D eigenvalue weighted by Gasteiger charge is -2.22. The summed E-state index contributed by atoms with van der Waals surface area (Å²) in [4.78, 5) is 0. The van der Waals surface area contributed by atoms with E-state index in [-0.39, 0.29) is 6.04 Å². The van der Waals surface area contributed by atoms with Gasteiger partial charge in [-0.25, -0.2) is 0 Å². The van der Waals surface area contributed by atoms with Gasteiger partial charge in [0.05, 0.1) is 16.4 Å². The number of nitrogens with two attached hydrogens (primary N) is 1. The molecule has 0 saturated heterocycles. The van der Waals surface area contributed by atoms with E-state index in [2.05, 4.69) is 17.2 Å². The number of hydrogen-bond donors (Lipinski definition) is 1. The molecule has 1 atom stereocenters. The average molecular weight is 306 g/mol. The number of halogens is 1. The number of aryl methyl sites for hydroxylation is 3. The second kappa shape index (κ2) is 5.70. The average Bonchev–Trinajstić information content (AvgIpc) is 2.70. The third kappa shape index (κ3) is 2.78. The highest BCUT2D eigenvalue weighted by atomic mass is 35.5. The lowest BCUT2D eigenvalue weighted by molar-refractivity contribution is 0.294. The molecule has 1 unspecified atom stereocenters. The van der Waals surface area contributed by atoms with Gasteiger partial charge in [0, 0.05) is 13.1 Å². The number of nitrogens with zero attached hydrogens (tertiary/aromatic N) is 2. The van der Waals surface area contributed by atoms with E-state index in [1.165, 1.54) is 11.1 Å². The smallest absolute Gasteiger partial charge is 0.131 e. The highest BCUT2D eigenvalue weighted by Gasteiger charge is 2.17. The monoisotopic (exact) mass is 305 g/mol. The molecule has 1 heterocycles. The van der Waals surface area contributed by atoms with Gasteiger partial charge in [-0.2, -0.15) is 5.10 Å². The van der Waals surface area contributed by atoms with Crippen molar-refractivity contribution in [2.75, 3.05) is 0 Å². The van der Waals surface area contributed by atoms with Gasteiger partial charge in [-0.15, -0.1) is 0 Å². The molecule has 1 aromatic heterocycles. The summed E-state index contributed by atoms with van der Waals surface area (Å²) in [6.45, 7) is 2.31. The second-order valence-corrected chi connectivity index (χ2v) is 6.00. The third-order valence-corrected chi connectivity index (χ3v) is 4.60. The number of benzene rings is 1. The van der Waals surface area contributed by atoms with Crippen molar-refractivity contribution in [2.24, 2.45) is 12.8 Å². The van der Waals surface area contributed by atoms with E-state index in [4.69, 9.17) is 22.1 Å². The molecule has 0 bridgehead atoms. The van der Waals surface area contributed by atoms with Crippen LogP contribution >= 0.6 is 11.6 Å². The zero-order valence-electron chi connectivity index (χ0n) is 12.4. The van der Waals surface area contributed by atoms with Crippen LogP contribution in [0.1, 0.15) is 41.4 Å². The maximum Gasteiger partial charge on any atom is 0.131 e. The van der Waals surface area contributed by atoms with Gasteiger partial charge in [-0.1, -0.05) is 17.7 Å². The summed E-state index contributed by atoms with van der Waals surface area (Å²) in [5, 5.41) is 4.97. The Morgan fingerprint density at radius 2 is 2.29 bits per heavy atom. The molecule has 0 fully saturated rings. The lowest BCUT2D eigenvalue weighted by Crippen LogP contribution is -2.17. The number of ether oxygens (including phenoxy) is 1. The Balaban J connectivity index is 1.77. The fourth-order valence-electron chi connectivity index (χ4n) is 2.91. The van der Waals surface area contributed by atoms with Gasteiger partial charge in [-0.3, -0.25) is 4.68 Å². The molecule has 2 aromatic rings. The first-order valence-electron chi connectivity index (χ1n) is 7.25. The van der Waals surface area contributed by atoms with Crippen molar-refractivity contribution in [3.8, 4) is 5.75 Å². The molecule has 1 aliphatic rings. The van der Waals surface area contributed by atoms with Crippen molar-refractivity contribution in [3.05, 3.63) is 45.7 Å². The van der Waals surface area contributed by atoms with Crippen molar-refractivity contribution in [2.45, 2.75) is 38.8 Å². The van der Waals surface area contributed by atoms with Crippen LogP contribution in [0.3, 0.4) is 0 Å². The van der Waals surface area contributed by atoms with Gasteiger partial charge < -0.3 is 10.5 Å². The van der Waals surface area contributed by atoms with E-state index in [9.17, 15) is 0 Å². The number of aromatic nitrogens is 2. The number of rotatable bonds is 3. The molecule has 0 spiro atoms. The van der Waals surface area contributed by atoms with E-state index in [0.717, 1.165) is 36.4 Å². The minimum atomic E-state index is 0.164. The molecule has 2 N–H and O–H groups in total. The van der Waals surface area contributed by atoms with Crippen molar-refractivity contribution in [3.63, 3.8) is 0 Å². The molecule has 0 saturated carbocycles. The molecule has 0 amide bonds. The molecule has 1 aliphatic carbocycles. The third-order valence-electron chi connectivity index (χ3n) is 4.11. The van der Waals surface area contributed by atoms with E-state index in [1.54, 1.807) is 4.68 Å². The first-order chi connectivity index (χ1) is 10.1. The summed E-state index contributed by atoms with van der Waals surface area (Å²) >= 11 is 6.23. The van der Waals surface area contributed by atoms with Crippen LogP contribution in [-0.2, 0) is 20.1 Å². The molecular weight excluding hydrogens is 286 g/mol. The topological polar surface area (TPSA) is 53.1 Å². The highest BCUT2D eigenvalue weighted by Crippen LogP contribution is 2.31. The lowest BCUT2D eigenvalue weighted by atomic mass is 9.88. The largest absolute Gasteiger partial charge is 0.487 e. The van der Waals surface area contributed by atoms with Crippen LogP contribution in [0, 0.1) is 6.92 Å². The van der Waals surface area contributed by atoms with Gasteiger partial charge in [0.2, 0.25) is 0 Å². The summed E-state index contributed by atoms with van der Waals surface area (Å²) in [7, 11) is 1.88.